The number of unbranched alkanes of at least 4 members (excludes halogenated alkanes) is 8. The van der Waals surface area contributed by atoms with Crippen LogP contribution in [0.4, 0.5) is 0 Å². The lowest BCUT2D eigenvalue weighted by atomic mass is 10.0. The van der Waals surface area contributed by atoms with Crippen molar-refractivity contribution in [3.8, 4) is 0 Å². The van der Waals surface area contributed by atoms with Crippen LogP contribution >= 0.6 is 9.47 Å². The maximum Gasteiger partial charge on any atom is 0.164 e. The van der Waals surface area contributed by atoms with Crippen LogP contribution in [0.1, 0.15) is 71.1 Å². The van der Waals surface area contributed by atoms with E-state index in [1.165, 1.54) is 38.5 Å². The molecule has 0 bridgehead atoms. The van der Waals surface area contributed by atoms with Crippen molar-refractivity contribution in [2.45, 2.75) is 83.3 Å². The predicted molar refractivity (Wildman–Crippen MR) is 84.5 cm³/mol. The molecular weight excluding hydrogens is 275 g/mol. The summed E-state index contributed by atoms with van der Waals surface area (Å²) in [5.41, 5.74) is 0. The van der Waals surface area contributed by atoms with Crippen molar-refractivity contribution in [2.75, 3.05) is 6.61 Å². The Hall–Kier alpha value is -0.0200. The van der Waals surface area contributed by atoms with Crippen molar-refractivity contribution >= 4 is 15.2 Å². The number of hydrogen-bond donors (Lipinski definition) is 2. The van der Waals surface area contributed by atoms with Gasteiger partial charge in [-0.05, 0) is 6.42 Å². The normalized spacial score (nSPS) is 14.2. The van der Waals surface area contributed by atoms with E-state index < -0.39 is 18.8 Å². The lowest BCUT2D eigenvalue weighted by Gasteiger charge is -2.18. The lowest BCUT2D eigenvalue weighted by Crippen LogP contribution is -2.36. The number of Topliss-reactive ketones (excluding diaryl/α,β-unsaturated/α-hetero) is 1. The highest BCUT2D eigenvalue weighted by Gasteiger charge is 2.25. The van der Waals surface area contributed by atoms with Gasteiger partial charge >= 0.3 is 0 Å². The minimum Gasteiger partial charge on any atom is -0.394 e. The fourth-order valence-corrected chi connectivity index (χ4v) is 2.56. The third-order valence-corrected chi connectivity index (χ3v) is 3.82. The van der Waals surface area contributed by atoms with Crippen LogP contribution in [0.2, 0.25) is 0 Å². The Morgan fingerprint density at radius 3 is 2.00 bits per heavy atom. The molecule has 0 radical (unpaired) electrons. The molecule has 0 aromatic carbocycles. The second-order valence-electron chi connectivity index (χ2n) is 5.35. The molecule has 0 aliphatic heterocycles. The molecule has 0 fully saturated rings. The topological polar surface area (TPSA) is 66.8 Å². The van der Waals surface area contributed by atoms with Gasteiger partial charge in [0.2, 0.25) is 0 Å². The van der Waals surface area contributed by atoms with E-state index in [4.69, 9.17) is 9.63 Å². The molecule has 0 rings (SSSR count). The summed E-state index contributed by atoms with van der Waals surface area (Å²) < 4.78 is 4.85. The van der Waals surface area contributed by atoms with Gasteiger partial charge in [-0.25, -0.2) is 0 Å². The Kier molecular flexibility index (Phi) is 13.9. The number of carbonyl (C=O) groups is 1. The second-order valence-corrected chi connectivity index (χ2v) is 5.62. The maximum atomic E-state index is 11.8. The van der Waals surface area contributed by atoms with Gasteiger partial charge in [-0.2, -0.15) is 0 Å². The maximum absolute atomic E-state index is 11.8. The molecule has 120 valence electrons. The summed E-state index contributed by atoms with van der Waals surface area (Å²) >= 11 is 0. The summed E-state index contributed by atoms with van der Waals surface area (Å²) in [5.74, 6) is -0.135. The summed E-state index contributed by atoms with van der Waals surface area (Å²) in [5, 5.41) is 18.2. The molecule has 0 aromatic heterocycles. The molecular formula is C15H31O4P. The molecule has 0 aromatic rings. The van der Waals surface area contributed by atoms with Crippen molar-refractivity contribution < 1.29 is 19.5 Å². The number of carbonyl (C=O) groups excluding carboxylic acids is 1. The van der Waals surface area contributed by atoms with Crippen LogP contribution in [-0.2, 0) is 9.32 Å². The number of rotatable bonds is 14. The fourth-order valence-electron chi connectivity index (χ4n) is 2.23. The van der Waals surface area contributed by atoms with Gasteiger partial charge in [0, 0.05) is 15.9 Å². The van der Waals surface area contributed by atoms with Crippen molar-refractivity contribution in [1.29, 1.82) is 0 Å². The second kappa shape index (κ2) is 13.9. The van der Waals surface area contributed by atoms with Gasteiger partial charge in [0.15, 0.2) is 5.78 Å². The molecule has 5 heteroatoms. The monoisotopic (exact) mass is 306 g/mol. The predicted octanol–water partition coefficient (Wildman–Crippen LogP) is 3.00. The van der Waals surface area contributed by atoms with Gasteiger partial charge < -0.3 is 14.7 Å². The summed E-state index contributed by atoms with van der Waals surface area (Å²) in [4.78, 5) is 11.8. The van der Waals surface area contributed by atoms with E-state index in [2.05, 4.69) is 6.92 Å². The number of aliphatic hydroxyl groups excluding tert-OH is 2. The van der Waals surface area contributed by atoms with Crippen LogP contribution in [0.3, 0.4) is 0 Å². The first-order valence-electron chi connectivity index (χ1n) is 7.84. The molecule has 0 saturated carbocycles. The van der Waals surface area contributed by atoms with E-state index in [0.29, 0.717) is 6.42 Å². The summed E-state index contributed by atoms with van der Waals surface area (Å²) in [6.45, 7) is 1.76. The van der Waals surface area contributed by atoms with E-state index in [0.717, 1.165) is 19.3 Å². The quantitative estimate of drug-likeness (QED) is 0.382. The third kappa shape index (κ3) is 9.82. The average Bonchev–Trinajstić information content (AvgIpc) is 2.46. The van der Waals surface area contributed by atoms with Gasteiger partial charge in [0.05, 0.1) is 6.61 Å². The largest absolute Gasteiger partial charge is 0.394 e. The number of aliphatic hydroxyl groups is 2. The Labute approximate surface area is 125 Å². The summed E-state index contributed by atoms with van der Waals surface area (Å²) in [6.07, 6.45) is 9.18. The molecule has 0 aliphatic rings. The first kappa shape index (κ1) is 20.0. The van der Waals surface area contributed by atoms with E-state index in [1.54, 1.807) is 0 Å². The van der Waals surface area contributed by atoms with Gasteiger partial charge in [0.1, 0.15) is 12.2 Å². The van der Waals surface area contributed by atoms with Crippen molar-refractivity contribution in [3.63, 3.8) is 0 Å². The fraction of sp³-hybridized carbons (Fsp3) is 0.933. The van der Waals surface area contributed by atoms with Crippen LogP contribution in [0.15, 0.2) is 0 Å². The molecule has 0 amide bonds. The van der Waals surface area contributed by atoms with Crippen molar-refractivity contribution in [1.82, 2.24) is 0 Å². The van der Waals surface area contributed by atoms with Crippen LogP contribution in [0.5, 0.6) is 0 Å². The minimum absolute atomic E-state index is 0.135. The molecule has 0 aliphatic carbocycles. The highest BCUT2D eigenvalue weighted by atomic mass is 31.0. The first-order valence-corrected chi connectivity index (χ1v) is 8.31. The van der Waals surface area contributed by atoms with Crippen LogP contribution in [0, 0.1) is 0 Å². The molecule has 0 saturated heterocycles. The van der Waals surface area contributed by atoms with Gasteiger partial charge in [0.25, 0.3) is 0 Å². The average molecular weight is 306 g/mol. The Morgan fingerprint density at radius 2 is 1.55 bits per heavy atom. The summed E-state index contributed by atoms with van der Waals surface area (Å²) in [6, 6.07) is 0. The zero-order valence-electron chi connectivity index (χ0n) is 12.7. The van der Waals surface area contributed by atoms with E-state index in [-0.39, 0.29) is 5.78 Å². The van der Waals surface area contributed by atoms with Crippen LogP contribution in [0.25, 0.3) is 0 Å². The first-order chi connectivity index (χ1) is 9.67. The minimum atomic E-state index is -1.13. The zero-order valence-corrected chi connectivity index (χ0v) is 13.9. The van der Waals surface area contributed by atoms with Crippen LogP contribution in [-0.4, -0.2) is 34.8 Å². The molecule has 0 heterocycles. The molecule has 3 atom stereocenters. The molecule has 3 unspecified atom stereocenters. The standard InChI is InChI=1S/C15H31O4P/c1-2-3-4-5-6-7-8-9-10-11-13(17)15(19-20)14(18)12-16/h14-16,18H,2-12,20H2,1H3. The molecule has 20 heavy (non-hydrogen) atoms. The third-order valence-electron chi connectivity index (χ3n) is 3.53. The lowest BCUT2D eigenvalue weighted by molar-refractivity contribution is -0.131. The Morgan fingerprint density at radius 1 is 1.05 bits per heavy atom. The zero-order chi connectivity index (χ0) is 15.2. The number of ketones is 1. The van der Waals surface area contributed by atoms with Gasteiger partial charge in [-0.3, -0.25) is 4.79 Å². The number of hydrogen-bond acceptors (Lipinski definition) is 4. The highest BCUT2D eigenvalue weighted by Crippen LogP contribution is 2.13. The Bertz CT molecular complexity index is 236. The van der Waals surface area contributed by atoms with Gasteiger partial charge in [-0.1, -0.05) is 58.3 Å². The molecule has 2 N–H and O–H groups in total. The van der Waals surface area contributed by atoms with Crippen molar-refractivity contribution in [3.05, 3.63) is 0 Å². The van der Waals surface area contributed by atoms with E-state index in [1.807, 2.05) is 9.47 Å². The highest BCUT2D eigenvalue weighted by molar-refractivity contribution is 7.09. The molecule has 4 nitrogen and oxygen atoms in total. The van der Waals surface area contributed by atoms with Gasteiger partial charge in [-0.15, -0.1) is 0 Å². The summed E-state index contributed by atoms with van der Waals surface area (Å²) in [7, 11) is 1.98. The van der Waals surface area contributed by atoms with E-state index >= 15 is 0 Å². The molecule has 0 spiro atoms. The van der Waals surface area contributed by atoms with E-state index in [9.17, 15) is 9.90 Å². The van der Waals surface area contributed by atoms with Crippen LogP contribution < -0.4 is 0 Å². The van der Waals surface area contributed by atoms with Crippen molar-refractivity contribution in [2.24, 2.45) is 0 Å². The SMILES string of the molecule is CCCCCCCCCCCC(=O)C(OP)C(O)CO. The Balaban J connectivity index is 3.51. The smallest absolute Gasteiger partial charge is 0.164 e.